The summed E-state index contributed by atoms with van der Waals surface area (Å²) in [5, 5.41) is 0. The molecule has 1 saturated heterocycles. The highest BCUT2D eigenvalue weighted by molar-refractivity contribution is 6.05. The summed E-state index contributed by atoms with van der Waals surface area (Å²) in [4.78, 5) is 23.6. The maximum atomic E-state index is 12.4. The van der Waals surface area contributed by atoms with Crippen LogP contribution in [0.5, 0.6) is 0 Å². The molecule has 1 spiro atoms. The Morgan fingerprint density at radius 2 is 2.00 bits per heavy atom. The number of carbonyl (C=O) groups excluding carboxylic acids is 2. The van der Waals surface area contributed by atoms with Gasteiger partial charge in [0, 0.05) is 5.56 Å². The minimum absolute atomic E-state index is 0.0835. The fraction of sp³-hybridized carbons (Fsp3) is 0.385. The van der Waals surface area contributed by atoms with E-state index in [1.165, 1.54) is 0 Å². The van der Waals surface area contributed by atoms with Gasteiger partial charge in [-0.3, -0.25) is 9.59 Å². The van der Waals surface area contributed by atoms with Crippen molar-refractivity contribution in [2.45, 2.75) is 19.3 Å². The number of cyclic esters (lactones) is 1. The fourth-order valence-electron chi connectivity index (χ4n) is 2.64. The number of hydrogen-bond acceptors (Lipinski definition) is 3. The van der Waals surface area contributed by atoms with Gasteiger partial charge in [0.1, 0.15) is 6.61 Å². The number of carbonyl (C=O) groups is 2. The molecule has 0 aromatic heterocycles. The third-order valence-corrected chi connectivity index (χ3v) is 3.61. The van der Waals surface area contributed by atoms with E-state index in [1.807, 2.05) is 24.3 Å². The van der Waals surface area contributed by atoms with Gasteiger partial charge >= 0.3 is 5.97 Å². The van der Waals surface area contributed by atoms with Crippen molar-refractivity contribution in [1.29, 1.82) is 0 Å². The highest BCUT2D eigenvalue weighted by atomic mass is 16.5. The second-order valence-corrected chi connectivity index (χ2v) is 4.60. The predicted molar refractivity (Wildman–Crippen MR) is 57.1 cm³/mol. The van der Waals surface area contributed by atoms with E-state index in [4.69, 9.17) is 4.74 Å². The van der Waals surface area contributed by atoms with Crippen LogP contribution in [0.15, 0.2) is 24.3 Å². The summed E-state index contributed by atoms with van der Waals surface area (Å²) in [5.74, 6) is -0.159. The highest BCUT2D eigenvalue weighted by Gasteiger charge is 2.49. The number of esters is 1. The number of ketones is 1. The Balaban J connectivity index is 2.04. The Hall–Kier alpha value is -1.64. The smallest absolute Gasteiger partial charge is 0.306 e. The lowest BCUT2D eigenvalue weighted by Crippen LogP contribution is -2.36. The molecule has 0 saturated carbocycles. The van der Waals surface area contributed by atoms with Gasteiger partial charge in [0.05, 0.1) is 11.8 Å². The first kappa shape index (κ1) is 9.58. The maximum absolute atomic E-state index is 12.4. The molecule has 1 aliphatic heterocycles. The number of ether oxygens (including phenoxy) is 1. The first-order valence-electron chi connectivity index (χ1n) is 5.50. The van der Waals surface area contributed by atoms with E-state index in [0.717, 1.165) is 24.0 Å². The quantitative estimate of drug-likeness (QED) is 0.620. The molecule has 3 heteroatoms. The molecule has 3 nitrogen and oxygen atoms in total. The van der Waals surface area contributed by atoms with Crippen LogP contribution in [0.1, 0.15) is 28.8 Å². The molecule has 1 unspecified atom stereocenters. The molecule has 3 rings (SSSR count). The fourth-order valence-corrected chi connectivity index (χ4v) is 2.64. The molecule has 0 radical (unpaired) electrons. The molecule has 1 aromatic rings. The van der Waals surface area contributed by atoms with E-state index < -0.39 is 5.41 Å². The van der Waals surface area contributed by atoms with E-state index in [-0.39, 0.29) is 24.8 Å². The Morgan fingerprint density at radius 3 is 2.75 bits per heavy atom. The molecule has 1 atom stereocenters. The Labute approximate surface area is 93.4 Å². The topological polar surface area (TPSA) is 43.4 Å². The lowest BCUT2D eigenvalue weighted by atomic mass is 9.70. The maximum Gasteiger partial charge on any atom is 0.306 e. The van der Waals surface area contributed by atoms with Crippen molar-refractivity contribution in [2.75, 3.05) is 6.61 Å². The van der Waals surface area contributed by atoms with Crippen LogP contribution in [0, 0.1) is 5.41 Å². The van der Waals surface area contributed by atoms with Crippen LogP contribution in [-0.4, -0.2) is 18.4 Å². The summed E-state index contributed by atoms with van der Waals surface area (Å²) in [6.45, 7) is 0.263. The Bertz CT molecular complexity index is 478. The van der Waals surface area contributed by atoms with Gasteiger partial charge in [0.15, 0.2) is 5.78 Å². The van der Waals surface area contributed by atoms with Gasteiger partial charge in [0.2, 0.25) is 0 Å². The SMILES string of the molecule is O=C1CC2(CCc3ccccc3C2=O)CO1. The lowest BCUT2D eigenvalue weighted by molar-refractivity contribution is -0.137. The zero-order valence-corrected chi connectivity index (χ0v) is 8.86. The second kappa shape index (κ2) is 3.17. The standard InChI is InChI=1S/C13H12O3/c14-11-7-13(8-16-11)6-5-9-3-1-2-4-10(9)12(13)15/h1-4H,5-8H2. The molecule has 1 aromatic carbocycles. The molecular weight excluding hydrogens is 204 g/mol. The predicted octanol–water partition coefficient (Wildman–Crippen LogP) is 1.75. The lowest BCUT2D eigenvalue weighted by Gasteiger charge is -2.30. The number of Topliss-reactive ketones (excluding diaryl/α,β-unsaturated/α-hetero) is 1. The van der Waals surface area contributed by atoms with E-state index in [9.17, 15) is 9.59 Å². The number of fused-ring (bicyclic) bond motifs is 1. The monoisotopic (exact) mass is 216 g/mol. The minimum atomic E-state index is -0.564. The van der Waals surface area contributed by atoms with E-state index in [1.54, 1.807) is 0 Å². The third kappa shape index (κ3) is 1.21. The molecule has 1 fully saturated rings. The number of hydrogen-bond donors (Lipinski definition) is 0. The molecule has 16 heavy (non-hydrogen) atoms. The summed E-state index contributed by atoms with van der Waals surface area (Å²) >= 11 is 0. The number of rotatable bonds is 0. The third-order valence-electron chi connectivity index (χ3n) is 3.61. The van der Waals surface area contributed by atoms with E-state index in [2.05, 4.69) is 0 Å². The summed E-state index contributed by atoms with van der Waals surface area (Å²) < 4.78 is 4.97. The molecule has 0 bridgehead atoms. The van der Waals surface area contributed by atoms with Gasteiger partial charge in [-0.1, -0.05) is 24.3 Å². The van der Waals surface area contributed by atoms with Crippen LogP contribution >= 0.6 is 0 Å². The van der Waals surface area contributed by atoms with Gasteiger partial charge < -0.3 is 4.74 Å². The summed E-state index contributed by atoms with van der Waals surface area (Å²) in [6.07, 6.45) is 1.84. The van der Waals surface area contributed by atoms with Crippen LogP contribution in [-0.2, 0) is 16.0 Å². The van der Waals surface area contributed by atoms with Crippen LogP contribution in [0.2, 0.25) is 0 Å². The van der Waals surface area contributed by atoms with Crippen molar-refractivity contribution in [3.63, 3.8) is 0 Å². The van der Waals surface area contributed by atoms with Crippen molar-refractivity contribution in [3.05, 3.63) is 35.4 Å². The van der Waals surface area contributed by atoms with Crippen molar-refractivity contribution in [3.8, 4) is 0 Å². The number of benzene rings is 1. The molecule has 1 aliphatic carbocycles. The largest absolute Gasteiger partial charge is 0.465 e. The highest BCUT2D eigenvalue weighted by Crippen LogP contribution is 2.41. The van der Waals surface area contributed by atoms with Crippen LogP contribution in [0.3, 0.4) is 0 Å². The summed E-state index contributed by atoms with van der Waals surface area (Å²) in [5.41, 5.74) is 1.30. The van der Waals surface area contributed by atoms with Crippen LogP contribution in [0.25, 0.3) is 0 Å². The summed E-state index contributed by atoms with van der Waals surface area (Å²) in [6, 6.07) is 7.65. The molecular formula is C13H12O3. The van der Waals surface area contributed by atoms with Gasteiger partial charge in [0.25, 0.3) is 0 Å². The first-order valence-corrected chi connectivity index (χ1v) is 5.50. The van der Waals surface area contributed by atoms with Gasteiger partial charge in [-0.05, 0) is 18.4 Å². The second-order valence-electron chi connectivity index (χ2n) is 4.60. The van der Waals surface area contributed by atoms with Gasteiger partial charge in [-0.25, -0.2) is 0 Å². The van der Waals surface area contributed by atoms with Crippen molar-refractivity contribution >= 4 is 11.8 Å². The molecule has 1 heterocycles. The van der Waals surface area contributed by atoms with Crippen molar-refractivity contribution in [1.82, 2.24) is 0 Å². The molecule has 2 aliphatic rings. The average molecular weight is 216 g/mol. The normalized spacial score (nSPS) is 28.0. The Kier molecular flexibility index (Phi) is 1.90. The molecule has 82 valence electrons. The van der Waals surface area contributed by atoms with E-state index in [0.29, 0.717) is 0 Å². The zero-order chi connectivity index (χ0) is 11.2. The zero-order valence-electron chi connectivity index (χ0n) is 8.86. The first-order chi connectivity index (χ1) is 7.71. The van der Waals surface area contributed by atoms with Gasteiger partial charge in [-0.2, -0.15) is 0 Å². The molecule has 0 amide bonds. The van der Waals surface area contributed by atoms with Crippen LogP contribution < -0.4 is 0 Å². The average Bonchev–Trinajstić information content (AvgIpc) is 2.68. The van der Waals surface area contributed by atoms with E-state index >= 15 is 0 Å². The Morgan fingerprint density at radius 1 is 1.19 bits per heavy atom. The number of aryl methyl sites for hydroxylation is 1. The van der Waals surface area contributed by atoms with Gasteiger partial charge in [-0.15, -0.1) is 0 Å². The van der Waals surface area contributed by atoms with Crippen molar-refractivity contribution in [2.24, 2.45) is 5.41 Å². The minimum Gasteiger partial charge on any atom is -0.465 e. The van der Waals surface area contributed by atoms with Crippen LogP contribution in [0.4, 0.5) is 0 Å². The van der Waals surface area contributed by atoms with Crippen molar-refractivity contribution < 1.29 is 14.3 Å². The molecule has 0 N–H and O–H groups in total. The summed E-state index contributed by atoms with van der Waals surface area (Å²) in [7, 11) is 0.